The maximum Gasteiger partial charge on any atom is 0.0486 e. The van der Waals surface area contributed by atoms with Gasteiger partial charge in [0.1, 0.15) is 0 Å². The summed E-state index contributed by atoms with van der Waals surface area (Å²) in [5.74, 6) is 5.11. The molecule has 13 heavy (non-hydrogen) atoms. The fourth-order valence-corrected chi connectivity index (χ4v) is 0.672. The topological polar surface area (TPSA) is 38.0 Å². The number of rotatable bonds is 1. The average molecular weight is 203 g/mol. The van der Waals surface area contributed by atoms with Gasteiger partial charge in [-0.25, -0.2) is 0 Å². The van der Waals surface area contributed by atoms with Crippen LogP contribution in [0.15, 0.2) is 24.3 Å². The monoisotopic (exact) mass is 202 g/mol. The highest BCUT2D eigenvalue weighted by molar-refractivity contribution is 6.30. The molecule has 0 saturated heterocycles. The first-order valence-corrected chi connectivity index (χ1v) is 4.93. The van der Waals surface area contributed by atoms with Gasteiger partial charge in [0, 0.05) is 10.7 Å². The van der Waals surface area contributed by atoms with Crippen LogP contribution < -0.4 is 11.3 Å². The quantitative estimate of drug-likeness (QED) is 0.539. The highest BCUT2D eigenvalue weighted by atomic mass is 35.5. The van der Waals surface area contributed by atoms with E-state index in [0.29, 0.717) is 5.02 Å². The number of nitrogen functional groups attached to an aromatic ring is 1. The van der Waals surface area contributed by atoms with Gasteiger partial charge in [0.2, 0.25) is 0 Å². The van der Waals surface area contributed by atoms with Crippen molar-refractivity contribution in [3.63, 3.8) is 0 Å². The molecule has 0 bridgehead atoms. The standard InChI is InChI=1S/C6H7ClN2.2C2H6/c7-5-1-3-6(9-8)4-2-5;2*1-2/h1-4,9H,8H2;2*1-2H3. The summed E-state index contributed by atoms with van der Waals surface area (Å²) < 4.78 is 0. The Morgan fingerprint density at radius 2 is 1.38 bits per heavy atom. The molecule has 0 spiro atoms. The number of hydrogen-bond donors (Lipinski definition) is 2. The maximum absolute atomic E-state index is 5.60. The van der Waals surface area contributed by atoms with Crippen LogP contribution in [-0.4, -0.2) is 0 Å². The van der Waals surface area contributed by atoms with Crippen molar-refractivity contribution in [3.8, 4) is 0 Å². The predicted octanol–water partition coefficient (Wildman–Crippen LogP) is 3.68. The molecule has 0 aliphatic heterocycles. The van der Waals surface area contributed by atoms with E-state index in [-0.39, 0.29) is 0 Å². The lowest BCUT2D eigenvalue weighted by Crippen LogP contribution is -2.05. The molecule has 0 heterocycles. The van der Waals surface area contributed by atoms with Gasteiger partial charge in [-0.3, -0.25) is 5.84 Å². The molecule has 0 radical (unpaired) electrons. The molecular weight excluding hydrogens is 184 g/mol. The molecule has 0 amide bonds. The van der Waals surface area contributed by atoms with Gasteiger partial charge < -0.3 is 5.43 Å². The van der Waals surface area contributed by atoms with E-state index in [1.54, 1.807) is 12.1 Å². The van der Waals surface area contributed by atoms with Crippen molar-refractivity contribution < 1.29 is 0 Å². The Labute approximate surface area is 86.1 Å². The third kappa shape index (κ3) is 7.62. The number of nitrogens with one attached hydrogen (secondary N) is 1. The Bertz CT molecular complexity index is 185. The average Bonchev–Trinajstić information content (AvgIpc) is 2.25. The smallest absolute Gasteiger partial charge is 0.0486 e. The van der Waals surface area contributed by atoms with Crippen molar-refractivity contribution in [2.75, 3.05) is 5.43 Å². The van der Waals surface area contributed by atoms with Gasteiger partial charge in [-0.15, -0.1) is 0 Å². The first-order chi connectivity index (χ1) is 6.33. The van der Waals surface area contributed by atoms with Crippen LogP contribution in [0, 0.1) is 0 Å². The van der Waals surface area contributed by atoms with Crippen molar-refractivity contribution in [1.29, 1.82) is 0 Å². The molecule has 0 fully saturated rings. The molecule has 1 aromatic carbocycles. The number of nitrogens with two attached hydrogens (primary N) is 1. The molecule has 0 aliphatic rings. The molecule has 3 N–H and O–H groups in total. The van der Waals surface area contributed by atoms with Crippen LogP contribution in [0.1, 0.15) is 27.7 Å². The van der Waals surface area contributed by atoms with E-state index in [2.05, 4.69) is 5.43 Å². The minimum absolute atomic E-state index is 0.717. The van der Waals surface area contributed by atoms with E-state index >= 15 is 0 Å². The van der Waals surface area contributed by atoms with Crippen molar-refractivity contribution >= 4 is 17.3 Å². The number of benzene rings is 1. The highest BCUT2D eigenvalue weighted by Gasteiger charge is 1.85. The Morgan fingerprint density at radius 3 is 1.69 bits per heavy atom. The predicted molar refractivity (Wildman–Crippen MR) is 62.0 cm³/mol. The molecule has 0 aliphatic carbocycles. The molecule has 3 heteroatoms. The minimum Gasteiger partial charge on any atom is -0.324 e. The third-order valence-corrected chi connectivity index (χ3v) is 1.26. The largest absolute Gasteiger partial charge is 0.324 e. The zero-order valence-electron chi connectivity index (χ0n) is 8.76. The summed E-state index contributed by atoms with van der Waals surface area (Å²) >= 11 is 5.60. The number of anilines is 1. The van der Waals surface area contributed by atoms with E-state index in [9.17, 15) is 0 Å². The van der Waals surface area contributed by atoms with Crippen LogP contribution >= 0.6 is 11.6 Å². The maximum atomic E-state index is 5.60. The first-order valence-electron chi connectivity index (χ1n) is 4.55. The Balaban J connectivity index is 0. The van der Waals surface area contributed by atoms with Gasteiger partial charge in [0.05, 0.1) is 0 Å². The number of halogens is 1. The molecule has 1 aromatic rings. The molecule has 0 unspecified atom stereocenters. The van der Waals surface area contributed by atoms with Crippen molar-refractivity contribution in [1.82, 2.24) is 0 Å². The summed E-state index contributed by atoms with van der Waals surface area (Å²) in [5, 5.41) is 0.717. The normalized spacial score (nSPS) is 7.23. The number of hydrogen-bond acceptors (Lipinski definition) is 2. The van der Waals surface area contributed by atoms with Gasteiger partial charge in [-0.2, -0.15) is 0 Å². The molecule has 0 atom stereocenters. The summed E-state index contributed by atoms with van der Waals surface area (Å²) in [6, 6.07) is 7.16. The molecule has 0 aromatic heterocycles. The summed E-state index contributed by atoms with van der Waals surface area (Å²) in [7, 11) is 0. The van der Waals surface area contributed by atoms with Crippen molar-refractivity contribution in [2.24, 2.45) is 5.84 Å². The van der Waals surface area contributed by atoms with E-state index in [0.717, 1.165) is 5.69 Å². The fourth-order valence-electron chi connectivity index (χ4n) is 0.546. The lowest BCUT2D eigenvalue weighted by molar-refractivity contribution is 1.35. The number of hydrazine groups is 1. The van der Waals surface area contributed by atoms with Crippen LogP contribution in [0.5, 0.6) is 0 Å². The molecule has 2 nitrogen and oxygen atoms in total. The zero-order chi connectivity index (χ0) is 10.7. The summed E-state index contributed by atoms with van der Waals surface area (Å²) in [5.41, 5.74) is 3.36. The van der Waals surface area contributed by atoms with Crippen LogP contribution in [-0.2, 0) is 0 Å². The minimum atomic E-state index is 0.717. The van der Waals surface area contributed by atoms with Gasteiger partial charge in [0.15, 0.2) is 0 Å². The van der Waals surface area contributed by atoms with Crippen LogP contribution in [0.4, 0.5) is 5.69 Å². The van der Waals surface area contributed by atoms with Crippen LogP contribution in [0.25, 0.3) is 0 Å². The van der Waals surface area contributed by atoms with E-state index < -0.39 is 0 Å². The summed E-state index contributed by atoms with van der Waals surface area (Å²) in [4.78, 5) is 0. The van der Waals surface area contributed by atoms with Gasteiger partial charge in [-0.1, -0.05) is 39.3 Å². The van der Waals surface area contributed by atoms with Gasteiger partial charge in [0.25, 0.3) is 0 Å². The zero-order valence-corrected chi connectivity index (χ0v) is 9.52. The third-order valence-electron chi connectivity index (χ3n) is 1.01. The van der Waals surface area contributed by atoms with Crippen molar-refractivity contribution in [3.05, 3.63) is 29.3 Å². The van der Waals surface area contributed by atoms with Gasteiger partial charge in [-0.05, 0) is 24.3 Å². The second-order valence-corrected chi connectivity index (χ2v) is 2.09. The first kappa shape index (κ1) is 14.8. The summed E-state index contributed by atoms with van der Waals surface area (Å²) in [6.07, 6.45) is 0. The van der Waals surface area contributed by atoms with Crippen LogP contribution in [0.2, 0.25) is 5.02 Å². The molecule has 1 rings (SSSR count). The van der Waals surface area contributed by atoms with E-state index in [1.807, 2.05) is 39.8 Å². The Morgan fingerprint density at radius 1 is 1.00 bits per heavy atom. The van der Waals surface area contributed by atoms with Gasteiger partial charge >= 0.3 is 0 Å². The second kappa shape index (κ2) is 11.3. The second-order valence-electron chi connectivity index (χ2n) is 1.65. The van der Waals surface area contributed by atoms with E-state index in [1.165, 1.54) is 0 Å². The lowest BCUT2D eigenvalue weighted by atomic mass is 10.3. The molecular formula is C10H19ClN2. The van der Waals surface area contributed by atoms with Crippen molar-refractivity contribution in [2.45, 2.75) is 27.7 Å². The van der Waals surface area contributed by atoms with E-state index in [4.69, 9.17) is 17.4 Å². The summed E-state index contributed by atoms with van der Waals surface area (Å²) in [6.45, 7) is 8.00. The Hall–Kier alpha value is -0.730. The fraction of sp³-hybridized carbons (Fsp3) is 0.400. The van der Waals surface area contributed by atoms with Crippen LogP contribution in [0.3, 0.4) is 0 Å². The SMILES string of the molecule is CC.CC.NNc1ccc(Cl)cc1. The molecule has 76 valence electrons. The molecule has 0 saturated carbocycles. The highest BCUT2D eigenvalue weighted by Crippen LogP contribution is 2.11. The Kier molecular flexibility index (Phi) is 12.8. The lowest BCUT2D eigenvalue weighted by Gasteiger charge is -1.96.